The molecule has 2 rings (SSSR count). The molecule has 0 saturated heterocycles. The monoisotopic (exact) mass is 175 g/mol. The van der Waals surface area contributed by atoms with Crippen LogP contribution in [0.5, 0.6) is 0 Å². The molecule has 1 aliphatic rings. The number of pyridine rings is 1. The summed E-state index contributed by atoms with van der Waals surface area (Å²) in [6.45, 7) is 1.84. The van der Waals surface area contributed by atoms with Gasteiger partial charge in [0.05, 0.1) is 18.3 Å². The average Bonchev–Trinajstić information content (AvgIpc) is 2.47. The van der Waals surface area contributed by atoms with Crippen LogP contribution >= 0.6 is 0 Å². The third kappa shape index (κ3) is 1.42. The third-order valence-electron chi connectivity index (χ3n) is 1.80. The zero-order valence-corrected chi connectivity index (χ0v) is 7.27. The van der Waals surface area contributed by atoms with Crippen LogP contribution in [0, 0.1) is 0 Å². The summed E-state index contributed by atoms with van der Waals surface area (Å²) in [6, 6.07) is 3.60. The van der Waals surface area contributed by atoms with E-state index in [1.54, 1.807) is 18.5 Å². The molecule has 4 nitrogen and oxygen atoms in total. The fourth-order valence-electron chi connectivity index (χ4n) is 1.24. The summed E-state index contributed by atoms with van der Waals surface area (Å²) in [7, 11) is 0. The lowest BCUT2D eigenvalue weighted by molar-refractivity contribution is -0.116. The summed E-state index contributed by atoms with van der Waals surface area (Å²) >= 11 is 0. The van der Waals surface area contributed by atoms with Crippen LogP contribution in [-0.4, -0.2) is 16.6 Å². The number of rotatable bonds is 1. The van der Waals surface area contributed by atoms with Crippen LogP contribution < -0.4 is 5.01 Å². The smallest absolute Gasteiger partial charge is 0.253 e. The molecule has 0 radical (unpaired) electrons. The van der Waals surface area contributed by atoms with Gasteiger partial charge in [-0.15, -0.1) is 0 Å². The zero-order chi connectivity index (χ0) is 9.26. The van der Waals surface area contributed by atoms with Crippen molar-refractivity contribution >= 4 is 17.3 Å². The highest BCUT2D eigenvalue weighted by molar-refractivity contribution is 6.12. The molecule has 0 N–H and O–H groups in total. The van der Waals surface area contributed by atoms with Crippen molar-refractivity contribution in [2.24, 2.45) is 5.10 Å². The van der Waals surface area contributed by atoms with Crippen molar-refractivity contribution in [1.82, 2.24) is 4.98 Å². The molecule has 0 atom stereocenters. The molecule has 0 spiro atoms. The molecule has 0 fully saturated rings. The molecule has 1 aromatic heterocycles. The van der Waals surface area contributed by atoms with E-state index in [1.165, 1.54) is 5.01 Å². The molecular formula is C9H9N3O. The number of anilines is 1. The summed E-state index contributed by atoms with van der Waals surface area (Å²) < 4.78 is 0. The molecule has 0 aromatic carbocycles. The van der Waals surface area contributed by atoms with Crippen LogP contribution in [0.4, 0.5) is 5.69 Å². The second kappa shape index (κ2) is 2.97. The van der Waals surface area contributed by atoms with E-state index < -0.39 is 0 Å². The van der Waals surface area contributed by atoms with E-state index in [2.05, 4.69) is 10.1 Å². The maximum atomic E-state index is 11.4. The predicted octanol–water partition coefficient (Wildman–Crippen LogP) is 1.19. The van der Waals surface area contributed by atoms with Gasteiger partial charge in [0.1, 0.15) is 0 Å². The van der Waals surface area contributed by atoms with Crippen LogP contribution in [0.1, 0.15) is 13.3 Å². The summed E-state index contributed by atoms with van der Waals surface area (Å²) in [5, 5.41) is 5.49. The number of hydrazone groups is 1. The van der Waals surface area contributed by atoms with E-state index in [1.807, 2.05) is 13.0 Å². The van der Waals surface area contributed by atoms with Crippen molar-refractivity contribution in [3.8, 4) is 0 Å². The summed E-state index contributed by atoms with van der Waals surface area (Å²) in [5.74, 6) is 0.00509. The van der Waals surface area contributed by atoms with E-state index in [-0.39, 0.29) is 5.91 Å². The van der Waals surface area contributed by atoms with Gasteiger partial charge in [0.25, 0.3) is 5.91 Å². The Labute approximate surface area is 75.9 Å². The molecule has 0 saturated carbocycles. The van der Waals surface area contributed by atoms with E-state index >= 15 is 0 Å². The van der Waals surface area contributed by atoms with E-state index in [9.17, 15) is 4.79 Å². The summed E-state index contributed by atoms with van der Waals surface area (Å²) in [5.41, 5.74) is 1.57. The van der Waals surface area contributed by atoms with Gasteiger partial charge in [-0.2, -0.15) is 10.1 Å². The molecule has 66 valence electrons. The molecule has 1 aliphatic heterocycles. The maximum absolute atomic E-state index is 11.4. The molecule has 0 bridgehead atoms. The van der Waals surface area contributed by atoms with Gasteiger partial charge in [0, 0.05) is 11.9 Å². The molecule has 13 heavy (non-hydrogen) atoms. The lowest BCUT2D eigenvalue weighted by Crippen LogP contribution is -2.19. The van der Waals surface area contributed by atoms with E-state index in [0.29, 0.717) is 6.42 Å². The Morgan fingerprint density at radius 1 is 1.54 bits per heavy atom. The average molecular weight is 175 g/mol. The highest BCUT2D eigenvalue weighted by Gasteiger charge is 2.22. The Bertz CT molecular complexity index is 358. The van der Waals surface area contributed by atoms with Crippen LogP contribution in [-0.2, 0) is 4.79 Å². The van der Waals surface area contributed by atoms with Crippen molar-refractivity contribution in [2.75, 3.05) is 5.01 Å². The van der Waals surface area contributed by atoms with Crippen molar-refractivity contribution < 1.29 is 4.79 Å². The number of carbonyl (C=O) groups excluding carboxylic acids is 1. The Kier molecular flexibility index (Phi) is 1.81. The first-order valence-electron chi connectivity index (χ1n) is 4.04. The number of carbonyl (C=O) groups is 1. The third-order valence-corrected chi connectivity index (χ3v) is 1.80. The fraction of sp³-hybridized carbons (Fsp3) is 0.222. The van der Waals surface area contributed by atoms with Crippen molar-refractivity contribution in [3.05, 3.63) is 24.5 Å². The number of hydrogen-bond donors (Lipinski definition) is 0. The van der Waals surface area contributed by atoms with Crippen LogP contribution in [0.2, 0.25) is 0 Å². The number of amides is 1. The van der Waals surface area contributed by atoms with E-state index in [4.69, 9.17) is 0 Å². The second-order valence-corrected chi connectivity index (χ2v) is 2.93. The first-order valence-corrected chi connectivity index (χ1v) is 4.04. The maximum Gasteiger partial charge on any atom is 0.253 e. The van der Waals surface area contributed by atoms with Crippen LogP contribution in [0.25, 0.3) is 0 Å². The minimum Gasteiger partial charge on any atom is -0.272 e. The Balaban J connectivity index is 2.33. The van der Waals surface area contributed by atoms with Gasteiger partial charge >= 0.3 is 0 Å². The molecule has 2 heterocycles. The van der Waals surface area contributed by atoms with Gasteiger partial charge in [0.15, 0.2) is 0 Å². The molecule has 0 aliphatic carbocycles. The highest BCUT2D eigenvalue weighted by atomic mass is 16.2. The Morgan fingerprint density at radius 2 is 2.38 bits per heavy atom. The molecule has 1 amide bonds. The van der Waals surface area contributed by atoms with Crippen molar-refractivity contribution in [1.29, 1.82) is 0 Å². The van der Waals surface area contributed by atoms with Crippen molar-refractivity contribution in [3.63, 3.8) is 0 Å². The summed E-state index contributed by atoms with van der Waals surface area (Å²) in [6.07, 6.45) is 3.70. The van der Waals surface area contributed by atoms with Crippen LogP contribution in [0.15, 0.2) is 29.6 Å². The zero-order valence-electron chi connectivity index (χ0n) is 7.27. The lowest BCUT2D eigenvalue weighted by atomic mass is 10.3. The van der Waals surface area contributed by atoms with Crippen LogP contribution in [0.3, 0.4) is 0 Å². The number of aromatic nitrogens is 1. The Hall–Kier alpha value is -1.71. The van der Waals surface area contributed by atoms with E-state index in [0.717, 1.165) is 11.4 Å². The Morgan fingerprint density at radius 3 is 2.92 bits per heavy atom. The minimum atomic E-state index is 0.00509. The van der Waals surface area contributed by atoms with Gasteiger partial charge in [-0.1, -0.05) is 0 Å². The van der Waals surface area contributed by atoms with Gasteiger partial charge in [-0.25, -0.2) is 0 Å². The lowest BCUT2D eigenvalue weighted by Gasteiger charge is -2.09. The van der Waals surface area contributed by atoms with Gasteiger partial charge < -0.3 is 0 Å². The SMILES string of the molecule is CC1=NN(c2cccnc2)C(=O)C1. The summed E-state index contributed by atoms with van der Waals surface area (Å²) in [4.78, 5) is 15.3. The first kappa shape index (κ1) is 7.91. The highest BCUT2D eigenvalue weighted by Crippen LogP contribution is 2.18. The quantitative estimate of drug-likeness (QED) is 0.643. The molecule has 0 unspecified atom stereocenters. The van der Waals surface area contributed by atoms with Gasteiger partial charge in [0.2, 0.25) is 0 Å². The van der Waals surface area contributed by atoms with Crippen molar-refractivity contribution in [2.45, 2.75) is 13.3 Å². The normalized spacial score (nSPS) is 16.2. The van der Waals surface area contributed by atoms with Gasteiger partial charge in [-0.3, -0.25) is 9.78 Å². The number of nitrogens with zero attached hydrogens (tertiary/aromatic N) is 3. The molecule has 1 aromatic rings. The first-order chi connectivity index (χ1) is 6.27. The second-order valence-electron chi connectivity index (χ2n) is 2.93. The number of hydrogen-bond acceptors (Lipinski definition) is 3. The van der Waals surface area contributed by atoms with Gasteiger partial charge in [-0.05, 0) is 19.1 Å². The topological polar surface area (TPSA) is 45.6 Å². The molecule has 4 heteroatoms. The fourth-order valence-corrected chi connectivity index (χ4v) is 1.24. The standard InChI is InChI=1S/C9H9N3O/c1-7-5-9(13)12(11-7)8-3-2-4-10-6-8/h2-4,6H,5H2,1H3. The molecular weight excluding hydrogens is 166 g/mol. The minimum absolute atomic E-state index is 0.00509. The largest absolute Gasteiger partial charge is 0.272 e. The predicted molar refractivity (Wildman–Crippen MR) is 49.4 cm³/mol.